The quantitative estimate of drug-likeness (QED) is 0.0437. The van der Waals surface area contributed by atoms with E-state index in [1.165, 1.54) is 148 Å². The molecule has 0 bridgehead atoms. The van der Waals surface area contributed by atoms with Gasteiger partial charge in [0.1, 0.15) is 0 Å². The highest BCUT2D eigenvalue weighted by Gasteiger charge is 2.39. The monoisotopic (exact) mass is 585 g/mol. The van der Waals surface area contributed by atoms with Crippen LogP contribution in [0.5, 0.6) is 0 Å². The maximum absolute atomic E-state index is 13.2. The summed E-state index contributed by atoms with van der Waals surface area (Å²) in [5, 5.41) is 0. The number of carbonyl (C=O) groups excluding carboxylic acids is 1. The van der Waals surface area contributed by atoms with Crippen LogP contribution in [0.15, 0.2) is 0 Å². The summed E-state index contributed by atoms with van der Waals surface area (Å²) >= 11 is 0. The standard InChI is InChI=1S/C36H73O3P/c1-4-7-10-13-15-17-19-20-21-22-24-26-28-31-34-38-35(37)36(39-40,32-29-12-9-6-3)33-30-27-25-23-18-16-14-11-8-5-2/h4-34,40H2,1-3H3. The molecular formula is C36H73O3P. The second kappa shape index (κ2) is 31.8. The first kappa shape index (κ1) is 39.9. The van der Waals surface area contributed by atoms with E-state index in [-0.39, 0.29) is 5.97 Å². The number of esters is 1. The number of unbranched alkanes of at least 4 members (excludes halogenated alkanes) is 25. The van der Waals surface area contributed by atoms with Crippen molar-refractivity contribution in [2.24, 2.45) is 0 Å². The third-order valence-corrected chi connectivity index (χ3v) is 9.15. The van der Waals surface area contributed by atoms with Gasteiger partial charge in [-0.3, -0.25) is 0 Å². The zero-order valence-corrected chi connectivity index (χ0v) is 28.9. The summed E-state index contributed by atoms with van der Waals surface area (Å²) in [6.45, 7) is 7.33. The number of hydrogen-bond acceptors (Lipinski definition) is 3. The molecule has 40 heavy (non-hydrogen) atoms. The fraction of sp³-hybridized carbons (Fsp3) is 0.972. The fourth-order valence-corrected chi connectivity index (χ4v) is 6.16. The molecule has 0 aromatic carbocycles. The van der Waals surface area contributed by atoms with Gasteiger partial charge in [-0.15, -0.1) is 0 Å². The number of hydrogen-bond donors (Lipinski definition) is 0. The molecule has 3 nitrogen and oxygen atoms in total. The summed E-state index contributed by atoms with van der Waals surface area (Å²) in [4.78, 5) is 13.2. The maximum Gasteiger partial charge on any atom is 0.338 e. The van der Waals surface area contributed by atoms with Crippen molar-refractivity contribution >= 4 is 15.4 Å². The molecule has 0 aromatic rings. The van der Waals surface area contributed by atoms with Crippen molar-refractivity contribution in [2.75, 3.05) is 6.61 Å². The van der Waals surface area contributed by atoms with Crippen molar-refractivity contribution in [1.29, 1.82) is 0 Å². The van der Waals surface area contributed by atoms with E-state index in [0.29, 0.717) is 6.61 Å². The largest absolute Gasteiger partial charge is 0.464 e. The van der Waals surface area contributed by atoms with Gasteiger partial charge in [0.15, 0.2) is 5.60 Å². The van der Waals surface area contributed by atoms with Crippen LogP contribution in [-0.2, 0) is 14.1 Å². The van der Waals surface area contributed by atoms with Gasteiger partial charge in [0.25, 0.3) is 0 Å². The molecule has 4 heteroatoms. The van der Waals surface area contributed by atoms with Crippen LogP contribution in [0.2, 0.25) is 0 Å². The lowest BCUT2D eigenvalue weighted by molar-refractivity contribution is -0.163. The second-order valence-electron chi connectivity index (χ2n) is 12.6. The smallest absolute Gasteiger partial charge is 0.338 e. The van der Waals surface area contributed by atoms with Crippen molar-refractivity contribution in [3.63, 3.8) is 0 Å². The molecule has 0 aromatic heterocycles. The Kier molecular flexibility index (Phi) is 31.7. The highest BCUT2D eigenvalue weighted by Crippen LogP contribution is 2.31. The van der Waals surface area contributed by atoms with Crippen LogP contribution in [0, 0.1) is 0 Å². The summed E-state index contributed by atoms with van der Waals surface area (Å²) in [6, 6.07) is 0. The predicted molar refractivity (Wildman–Crippen MR) is 180 cm³/mol. The molecule has 0 saturated heterocycles. The molecule has 0 rings (SSSR count). The lowest BCUT2D eigenvalue weighted by Crippen LogP contribution is -2.41. The normalized spacial score (nSPS) is 13.0. The first-order valence-electron chi connectivity index (χ1n) is 18.2. The van der Waals surface area contributed by atoms with Gasteiger partial charge in [-0.1, -0.05) is 181 Å². The van der Waals surface area contributed by atoms with Gasteiger partial charge >= 0.3 is 5.97 Å². The lowest BCUT2D eigenvalue weighted by Gasteiger charge is -2.30. The average Bonchev–Trinajstić information content (AvgIpc) is 2.97. The van der Waals surface area contributed by atoms with E-state index in [2.05, 4.69) is 30.2 Å². The molecule has 2 atom stereocenters. The van der Waals surface area contributed by atoms with Crippen LogP contribution >= 0.6 is 9.47 Å². The van der Waals surface area contributed by atoms with Crippen LogP contribution in [-0.4, -0.2) is 18.2 Å². The average molecular weight is 585 g/mol. The molecule has 0 amide bonds. The van der Waals surface area contributed by atoms with E-state index in [9.17, 15) is 4.79 Å². The first-order chi connectivity index (χ1) is 19.7. The van der Waals surface area contributed by atoms with Crippen LogP contribution in [0.25, 0.3) is 0 Å². The zero-order valence-electron chi connectivity index (χ0n) is 27.7. The third kappa shape index (κ3) is 24.5. The molecule has 240 valence electrons. The van der Waals surface area contributed by atoms with Gasteiger partial charge in [0.05, 0.1) is 6.61 Å². The molecule has 0 heterocycles. The van der Waals surface area contributed by atoms with Gasteiger partial charge in [-0.25, -0.2) is 4.79 Å². The Morgan fingerprint density at radius 2 is 0.725 bits per heavy atom. The van der Waals surface area contributed by atoms with Gasteiger partial charge in [0.2, 0.25) is 0 Å². The van der Waals surface area contributed by atoms with Crippen LogP contribution < -0.4 is 0 Å². The molecule has 0 N–H and O–H groups in total. The molecular weight excluding hydrogens is 511 g/mol. The Hall–Kier alpha value is -0.140. The Morgan fingerprint density at radius 3 is 1.05 bits per heavy atom. The van der Waals surface area contributed by atoms with E-state index >= 15 is 0 Å². The van der Waals surface area contributed by atoms with Crippen molar-refractivity contribution in [1.82, 2.24) is 0 Å². The second-order valence-corrected chi connectivity index (χ2v) is 12.8. The lowest BCUT2D eigenvalue weighted by atomic mass is 9.89. The molecule has 0 aliphatic carbocycles. The van der Waals surface area contributed by atoms with Gasteiger partial charge in [0, 0.05) is 9.47 Å². The number of rotatable bonds is 33. The van der Waals surface area contributed by atoms with Crippen LogP contribution in [0.1, 0.15) is 213 Å². The molecule has 2 unspecified atom stereocenters. The topological polar surface area (TPSA) is 35.5 Å². The van der Waals surface area contributed by atoms with Crippen LogP contribution in [0.4, 0.5) is 0 Å². The van der Waals surface area contributed by atoms with E-state index in [1.54, 1.807) is 0 Å². The van der Waals surface area contributed by atoms with Crippen molar-refractivity contribution in [2.45, 2.75) is 219 Å². The Bertz CT molecular complexity index is 512. The van der Waals surface area contributed by atoms with Crippen molar-refractivity contribution in [3.8, 4) is 0 Å². The summed E-state index contributed by atoms with van der Waals surface area (Å²) in [7, 11) is 2.40. The van der Waals surface area contributed by atoms with E-state index in [0.717, 1.165) is 44.9 Å². The number of carbonyl (C=O) groups is 1. The van der Waals surface area contributed by atoms with Crippen molar-refractivity contribution in [3.05, 3.63) is 0 Å². The fourth-order valence-electron chi connectivity index (χ4n) is 5.82. The summed E-state index contributed by atoms with van der Waals surface area (Å²) in [5.74, 6) is -0.121. The SMILES string of the molecule is CCCCCCCCCCCCCCCCOC(=O)C(CCCCCC)(CCCCCCCCCCCC)OP. The minimum atomic E-state index is -0.769. The van der Waals surface area contributed by atoms with Gasteiger partial charge in [-0.2, -0.15) is 0 Å². The Labute approximate surface area is 254 Å². The van der Waals surface area contributed by atoms with E-state index in [1.807, 2.05) is 0 Å². The Morgan fingerprint density at radius 1 is 0.450 bits per heavy atom. The molecule has 0 spiro atoms. The van der Waals surface area contributed by atoms with Gasteiger partial charge in [-0.05, 0) is 32.1 Å². The van der Waals surface area contributed by atoms with Crippen molar-refractivity contribution < 1.29 is 14.1 Å². The third-order valence-electron chi connectivity index (χ3n) is 8.70. The summed E-state index contributed by atoms with van der Waals surface area (Å²) in [6.07, 6.45) is 38.0. The highest BCUT2D eigenvalue weighted by atomic mass is 31.0. The molecule has 0 radical (unpaired) electrons. The number of ether oxygens (including phenoxy) is 1. The Balaban J connectivity index is 4.08. The van der Waals surface area contributed by atoms with Crippen LogP contribution in [0.3, 0.4) is 0 Å². The minimum absolute atomic E-state index is 0.121. The molecule has 0 saturated carbocycles. The first-order valence-corrected chi connectivity index (χ1v) is 18.7. The molecule has 0 aliphatic heterocycles. The zero-order chi connectivity index (χ0) is 29.4. The molecule has 0 aliphatic rings. The van der Waals surface area contributed by atoms with E-state index in [4.69, 9.17) is 9.26 Å². The summed E-state index contributed by atoms with van der Waals surface area (Å²) < 4.78 is 11.7. The highest BCUT2D eigenvalue weighted by molar-refractivity contribution is 7.10. The summed E-state index contributed by atoms with van der Waals surface area (Å²) in [5.41, 5.74) is -0.769. The molecule has 0 fully saturated rings. The van der Waals surface area contributed by atoms with E-state index < -0.39 is 5.60 Å². The van der Waals surface area contributed by atoms with Gasteiger partial charge < -0.3 is 9.26 Å². The minimum Gasteiger partial charge on any atom is -0.464 e. The predicted octanol–water partition coefficient (Wildman–Crippen LogP) is 12.8. The maximum atomic E-state index is 13.2.